The largest absolute Gasteiger partial charge is 0.497 e. The van der Waals surface area contributed by atoms with Gasteiger partial charge in [-0.15, -0.1) is 0 Å². The van der Waals surface area contributed by atoms with Gasteiger partial charge in [-0.05, 0) is 25.2 Å². The van der Waals surface area contributed by atoms with E-state index in [1.54, 1.807) is 25.3 Å². The van der Waals surface area contributed by atoms with Crippen LogP contribution in [0.3, 0.4) is 0 Å². The van der Waals surface area contributed by atoms with Crippen LogP contribution in [0.1, 0.15) is 22.3 Å². The molecule has 0 spiro atoms. The van der Waals surface area contributed by atoms with Gasteiger partial charge in [-0.1, -0.05) is 11.8 Å². The van der Waals surface area contributed by atoms with Crippen LogP contribution in [0.4, 0.5) is 0 Å². The predicted molar refractivity (Wildman–Crippen MR) is 63.8 cm³/mol. The van der Waals surface area contributed by atoms with Gasteiger partial charge in [0.05, 0.1) is 7.11 Å². The van der Waals surface area contributed by atoms with Gasteiger partial charge in [-0.2, -0.15) is 0 Å². The minimum atomic E-state index is 0.595. The van der Waals surface area contributed by atoms with Crippen LogP contribution in [0, 0.1) is 11.8 Å². The second-order valence-corrected chi connectivity index (χ2v) is 3.23. The molecule has 1 rings (SSSR count). The van der Waals surface area contributed by atoms with Crippen LogP contribution in [0.25, 0.3) is 0 Å². The maximum absolute atomic E-state index is 10.8. The first kappa shape index (κ1) is 12.3. The van der Waals surface area contributed by atoms with Crippen molar-refractivity contribution in [1.82, 2.24) is 5.32 Å². The Morgan fingerprint density at radius 2 is 2.31 bits per heavy atom. The van der Waals surface area contributed by atoms with Gasteiger partial charge in [0, 0.05) is 24.1 Å². The van der Waals surface area contributed by atoms with E-state index < -0.39 is 0 Å². The molecule has 0 aliphatic heterocycles. The second kappa shape index (κ2) is 6.65. The number of nitrogens with one attached hydrogen (secondary N) is 1. The molecule has 3 nitrogen and oxygen atoms in total. The zero-order valence-corrected chi connectivity index (χ0v) is 9.54. The molecule has 0 saturated carbocycles. The highest BCUT2D eigenvalue weighted by Gasteiger charge is 2.00. The molecule has 0 radical (unpaired) electrons. The van der Waals surface area contributed by atoms with Crippen LogP contribution in [-0.2, 0) is 0 Å². The quantitative estimate of drug-likeness (QED) is 0.471. The van der Waals surface area contributed by atoms with Crippen molar-refractivity contribution < 1.29 is 9.53 Å². The maximum Gasteiger partial charge on any atom is 0.151 e. The third-order valence-corrected chi connectivity index (χ3v) is 2.11. The number of rotatable bonds is 4. The maximum atomic E-state index is 10.8. The Morgan fingerprint density at radius 1 is 1.50 bits per heavy atom. The summed E-state index contributed by atoms with van der Waals surface area (Å²) in [6.07, 6.45) is 1.56. The third kappa shape index (κ3) is 3.41. The highest BCUT2D eigenvalue weighted by Crippen LogP contribution is 2.15. The van der Waals surface area contributed by atoms with Crippen molar-refractivity contribution in [3.05, 3.63) is 29.3 Å². The highest BCUT2D eigenvalue weighted by atomic mass is 16.5. The molecule has 0 amide bonds. The molecular formula is C13H15NO2. The van der Waals surface area contributed by atoms with Crippen molar-refractivity contribution in [1.29, 1.82) is 0 Å². The molecule has 0 atom stereocenters. The Morgan fingerprint density at radius 3 is 2.94 bits per heavy atom. The lowest BCUT2D eigenvalue weighted by atomic mass is 10.1. The Balaban J connectivity index is 2.89. The Bertz CT molecular complexity index is 416. The lowest BCUT2D eigenvalue weighted by molar-refractivity contribution is 0.112. The first-order valence-electron chi connectivity index (χ1n) is 5.08. The standard InChI is InChI=1S/C13H15NO2/c1-14-8-4-3-5-11-9-13(16-2)7-6-12(11)10-15/h6-7,9-10,14H,4,8H2,1-2H3. The molecule has 1 N–H and O–H groups in total. The van der Waals surface area contributed by atoms with Crippen LogP contribution < -0.4 is 10.1 Å². The summed E-state index contributed by atoms with van der Waals surface area (Å²) in [5, 5.41) is 3.01. The van der Waals surface area contributed by atoms with Crippen molar-refractivity contribution in [2.24, 2.45) is 0 Å². The number of aldehydes is 1. The fourth-order valence-electron chi connectivity index (χ4n) is 1.22. The van der Waals surface area contributed by atoms with E-state index in [1.807, 2.05) is 7.05 Å². The van der Waals surface area contributed by atoms with E-state index in [-0.39, 0.29) is 0 Å². The van der Waals surface area contributed by atoms with Crippen molar-refractivity contribution in [2.45, 2.75) is 6.42 Å². The van der Waals surface area contributed by atoms with Gasteiger partial charge in [0.15, 0.2) is 6.29 Å². The molecule has 1 aromatic carbocycles. The monoisotopic (exact) mass is 217 g/mol. The highest BCUT2D eigenvalue weighted by molar-refractivity contribution is 5.79. The first-order valence-corrected chi connectivity index (χ1v) is 5.08. The lowest BCUT2D eigenvalue weighted by Crippen LogP contribution is -2.05. The molecule has 0 aliphatic rings. The van der Waals surface area contributed by atoms with Gasteiger partial charge in [0.1, 0.15) is 5.75 Å². The molecule has 0 aromatic heterocycles. The van der Waals surface area contributed by atoms with Crippen LogP contribution in [0.15, 0.2) is 18.2 Å². The summed E-state index contributed by atoms with van der Waals surface area (Å²) in [4.78, 5) is 10.8. The second-order valence-electron chi connectivity index (χ2n) is 3.23. The van der Waals surface area contributed by atoms with E-state index in [1.165, 1.54) is 0 Å². The van der Waals surface area contributed by atoms with Crippen molar-refractivity contribution >= 4 is 6.29 Å². The average Bonchev–Trinajstić information content (AvgIpc) is 2.34. The SMILES string of the molecule is CNCCC#Cc1cc(OC)ccc1C=O. The van der Waals surface area contributed by atoms with Gasteiger partial charge in [0.2, 0.25) is 0 Å². The first-order chi connectivity index (χ1) is 7.81. The Kier molecular flexibility index (Phi) is 5.10. The fraction of sp³-hybridized carbons (Fsp3) is 0.308. The third-order valence-electron chi connectivity index (χ3n) is 2.11. The fourth-order valence-corrected chi connectivity index (χ4v) is 1.22. The average molecular weight is 217 g/mol. The zero-order chi connectivity index (χ0) is 11.8. The summed E-state index contributed by atoms with van der Waals surface area (Å²) < 4.78 is 5.09. The number of hydrogen-bond donors (Lipinski definition) is 1. The van der Waals surface area contributed by atoms with Crippen molar-refractivity contribution in [2.75, 3.05) is 20.7 Å². The molecule has 0 saturated heterocycles. The minimum Gasteiger partial charge on any atom is -0.497 e. The number of carbonyl (C=O) groups excluding carboxylic acids is 1. The minimum absolute atomic E-state index is 0.595. The van der Waals surface area contributed by atoms with Gasteiger partial charge >= 0.3 is 0 Å². The van der Waals surface area contributed by atoms with E-state index >= 15 is 0 Å². The van der Waals surface area contributed by atoms with Crippen molar-refractivity contribution in [3.8, 4) is 17.6 Å². The zero-order valence-electron chi connectivity index (χ0n) is 9.54. The molecule has 0 heterocycles. The van der Waals surface area contributed by atoms with E-state index in [2.05, 4.69) is 17.2 Å². The predicted octanol–water partition coefficient (Wildman–Crippen LogP) is 1.47. The van der Waals surface area contributed by atoms with Crippen LogP contribution in [0.2, 0.25) is 0 Å². The summed E-state index contributed by atoms with van der Waals surface area (Å²) in [5.74, 6) is 6.69. The summed E-state index contributed by atoms with van der Waals surface area (Å²) in [5.41, 5.74) is 1.31. The van der Waals surface area contributed by atoms with Crippen LogP contribution >= 0.6 is 0 Å². The van der Waals surface area contributed by atoms with Gasteiger partial charge in [0.25, 0.3) is 0 Å². The van der Waals surface area contributed by atoms with Crippen LogP contribution in [0.5, 0.6) is 5.75 Å². The molecule has 84 valence electrons. The summed E-state index contributed by atoms with van der Waals surface area (Å²) in [7, 11) is 3.47. The number of carbonyl (C=O) groups is 1. The molecule has 0 bridgehead atoms. The number of methoxy groups -OCH3 is 1. The Labute approximate surface area is 95.8 Å². The van der Waals surface area contributed by atoms with E-state index in [0.717, 1.165) is 19.3 Å². The summed E-state index contributed by atoms with van der Waals surface area (Å²) in [6.45, 7) is 0.841. The van der Waals surface area contributed by atoms with Gasteiger partial charge < -0.3 is 10.1 Å². The molecule has 0 fully saturated rings. The molecule has 0 unspecified atom stereocenters. The van der Waals surface area contributed by atoms with Crippen molar-refractivity contribution in [3.63, 3.8) is 0 Å². The summed E-state index contributed by atoms with van der Waals surface area (Å²) >= 11 is 0. The van der Waals surface area contributed by atoms with Gasteiger partial charge in [-0.25, -0.2) is 0 Å². The molecule has 3 heteroatoms. The van der Waals surface area contributed by atoms with E-state index in [4.69, 9.17) is 4.74 Å². The Hall–Kier alpha value is -1.79. The molecule has 1 aromatic rings. The molecule has 0 aliphatic carbocycles. The summed E-state index contributed by atoms with van der Waals surface area (Å²) in [6, 6.07) is 5.24. The molecular weight excluding hydrogens is 202 g/mol. The van der Waals surface area contributed by atoms with Gasteiger partial charge in [-0.3, -0.25) is 4.79 Å². The number of ether oxygens (including phenoxy) is 1. The number of hydrogen-bond acceptors (Lipinski definition) is 3. The topological polar surface area (TPSA) is 38.3 Å². The van der Waals surface area contributed by atoms with Crippen LogP contribution in [-0.4, -0.2) is 27.0 Å². The lowest BCUT2D eigenvalue weighted by Gasteiger charge is -2.01. The van der Waals surface area contributed by atoms with E-state index in [0.29, 0.717) is 16.9 Å². The smallest absolute Gasteiger partial charge is 0.151 e. The molecule has 16 heavy (non-hydrogen) atoms. The normalized spacial score (nSPS) is 9.12. The number of benzene rings is 1. The van der Waals surface area contributed by atoms with E-state index in [9.17, 15) is 4.79 Å².